The fourth-order valence-corrected chi connectivity index (χ4v) is 2.81. The quantitative estimate of drug-likeness (QED) is 0.623. The monoisotopic (exact) mass is 209 g/mol. The lowest BCUT2D eigenvalue weighted by Crippen LogP contribution is -2.43. The fraction of sp³-hybridized carbons (Fsp3) is 0.750. The molecule has 1 amide bonds. The third-order valence-corrected chi connectivity index (χ3v) is 4.11. The van der Waals surface area contributed by atoms with E-state index in [4.69, 9.17) is 5.11 Å². The molecule has 1 aliphatic carbocycles. The average Bonchev–Trinajstić information content (AvgIpc) is 2.24. The zero-order chi connectivity index (χ0) is 10.9. The van der Waals surface area contributed by atoms with Crippen LogP contribution in [0.4, 0.5) is 4.79 Å². The first-order valence-electron chi connectivity index (χ1n) is 5.76. The smallest absolute Gasteiger partial charge is 0.407 e. The molecule has 2 fully saturated rings. The molecule has 1 heterocycles. The Labute approximate surface area is 90.8 Å². The zero-order valence-electron chi connectivity index (χ0n) is 9.17. The van der Waals surface area contributed by atoms with Crippen molar-refractivity contribution in [1.82, 2.24) is 4.90 Å². The Balaban J connectivity index is 1.92. The Hall–Kier alpha value is -0.990. The molecule has 1 spiro atoms. The molecule has 0 bridgehead atoms. The topological polar surface area (TPSA) is 40.5 Å². The van der Waals surface area contributed by atoms with Gasteiger partial charge in [0.2, 0.25) is 0 Å². The molecule has 1 aliphatic heterocycles. The van der Waals surface area contributed by atoms with Crippen molar-refractivity contribution in [3.63, 3.8) is 0 Å². The van der Waals surface area contributed by atoms with Crippen molar-refractivity contribution >= 4 is 6.09 Å². The van der Waals surface area contributed by atoms with E-state index in [1.165, 1.54) is 18.4 Å². The van der Waals surface area contributed by atoms with Gasteiger partial charge in [0.25, 0.3) is 0 Å². The van der Waals surface area contributed by atoms with Crippen LogP contribution in [0.1, 0.15) is 38.5 Å². The maximum Gasteiger partial charge on any atom is 0.407 e. The second-order valence-corrected chi connectivity index (χ2v) is 5.02. The third-order valence-electron chi connectivity index (χ3n) is 4.11. The lowest BCUT2D eigenvalue weighted by Gasteiger charge is -2.44. The molecule has 1 saturated carbocycles. The van der Waals surface area contributed by atoms with Crippen LogP contribution in [-0.2, 0) is 0 Å². The Morgan fingerprint density at radius 2 is 1.73 bits per heavy atom. The van der Waals surface area contributed by atoms with Crippen LogP contribution >= 0.6 is 0 Å². The number of hydrogen-bond donors (Lipinski definition) is 1. The van der Waals surface area contributed by atoms with Gasteiger partial charge in [-0.2, -0.15) is 0 Å². The van der Waals surface area contributed by atoms with E-state index in [9.17, 15) is 4.79 Å². The maximum absolute atomic E-state index is 10.8. The molecule has 3 nitrogen and oxygen atoms in total. The van der Waals surface area contributed by atoms with Crippen LogP contribution in [0.3, 0.4) is 0 Å². The normalized spacial score (nSPS) is 25.6. The summed E-state index contributed by atoms with van der Waals surface area (Å²) < 4.78 is 0. The first-order chi connectivity index (χ1) is 7.11. The van der Waals surface area contributed by atoms with E-state index >= 15 is 0 Å². The summed E-state index contributed by atoms with van der Waals surface area (Å²) in [7, 11) is 0. The Bertz CT molecular complexity index is 265. The van der Waals surface area contributed by atoms with E-state index < -0.39 is 6.09 Å². The van der Waals surface area contributed by atoms with Crippen LogP contribution in [0.5, 0.6) is 0 Å². The van der Waals surface area contributed by atoms with Crippen molar-refractivity contribution in [3.05, 3.63) is 12.2 Å². The molecule has 2 aliphatic rings. The van der Waals surface area contributed by atoms with Crippen molar-refractivity contribution in [2.24, 2.45) is 5.41 Å². The highest BCUT2D eigenvalue weighted by Crippen LogP contribution is 2.45. The van der Waals surface area contributed by atoms with Crippen molar-refractivity contribution in [2.75, 3.05) is 13.1 Å². The molecule has 0 aromatic rings. The van der Waals surface area contributed by atoms with Crippen LogP contribution in [0, 0.1) is 5.41 Å². The Morgan fingerprint density at radius 3 is 2.20 bits per heavy atom. The fourth-order valence-electron chi connectivity index (χ4n) is 2.81. The van der Waals surface area contributed by atoms with Crippen LogP contribution < -0.4 is 0 Å². The number of carbonyl (C=O) groups is 1. The predicted octanol–water partition coefficient (Wildman–Crippen LogP) is 2.88. The summed E-state index contributed by atoms with van der Waals surface area (Å²) in [5.74, 6) is 0. The van der Waals surface area contributed by atoms with Crippen LogP contribution in [0.15, 0.2) is 12.2 Å². The lowest BCUT2D eigenvalue weighted by atomic mass is 9.67. The minimum atomic E-state index is -0.759. The lowest BCUT2D eigenvalue weighted by molar-refractivity contribution is 0.0722. The van der Waals surface area contributed by atoms with Gasteiger partial charge in [-0.1, -0.05) is 12.2 Å². The van der Waals surface area contributed by atoms with Crippen molar-refractivity contribution in [1.29, 1.82) is 0 Å². The second kappa shape index (κ2) is 3.87. The van der Waals surface area contributed by atoms with Crippen molar-refractivity contribution < 1.29 is 9.90 Å². The molecule has 0 atom stereocenters. The van der Waals surface area contributed by atoms with Gasteiger partial charge < -0.3 is 10.0 Å². The van der Waals surface area contributed by atoms with E-state index in [2.05, 4.69) is 6.58 Å². The molecule has 15 heavy (non-hydrogen) atoms. The second-order valence-electron chi connectivity index (χ2n) is 5.02. The summed E-state index contributed by atoms with van der Waals surface area (Å²) in [6.07, 6.45) is 6.07. The minimum absolute atomic E-state index is 0.438. The SMILES string of the molecule is C=C1CCC2(CC1)CCN(C(=O)O)CC2. The van der Waals surface area contributed by atoms with Gasteiger partial charge in [-0.15, -0.1) is 0 Å². The molecular formula is C12H19NO2. The molecule has 0 radical (unpaired) electrons. The summed E-state index contributed by atoms with van der Waals surface area (Å²) in [4.78, 5) is 12.3. The van der Waals surface area contributed by atoms with E-state index in [1.807, 2.05) is 0 Å². The van der Waals surface area contributed by atoms with Crippen LogP contribution in [-0.4, -0.2) is 29.2 Å². The molecule has 84 valence electrons. The molecular weight excluding hydrogens is 190 g/mol. The molecule has 0 aromatic heterocycles. The summed E-state index contributed by atoms with van der Waals surface area (Å²) in [5.41, 5.74) is 1.81. The summed E-state index contributed by atoms with van der Waals surface area (Å²) >= 11 is 0. The Kier molecular flexibility index (Phi) is 2.72. The standard InChI is InChI=1S/C12H19NO2/c1-10-2-4-12(5-3-10)6-8-13(9-7-12)11(14)15/h1-9H2,(H,14,15). The molecule has 1 saturated heterocycles. The highest BCUT2D eigenvalue weighted by molar-refractivity contribution is 5.65. The van der Waals surface area contributed by atoms with E-state index in [0.717, 1.165) is 38.8 Å². The molecule has 0 unspecified atom stereocenters. The van der Waals surface area contributed by atoms with Gasteiger partial charge >= 0.3 is 6.09 Å². The van der Waals surface area contributed by atoms with Gasteiger partial charge in [-0.05, 0) is 43.9 Å². The highest BCUT2D eigenvalue weighted by atomic mass is 16.4. The average molecular weight is 209 g/mol. The molecule has 0 aromatic carbocycles. The van der Waals surface area contributed by atoms with Gasteiger partial charge in [-0.25, -0.2) is 4.79 Å². The van der Waals surface area contributed by atoms with Gasteiger partial charge in [0.1, 0.15) is 0 Å². The number of nitrogens with zero attached hydrogens (tertiary/aromatic N) is 1. The first kappa shape index (κ1) is 10.5. The Morgan fingerprint density at radius 1 is 1.20 bits per heavy atom. The summed E-state index contributed by atoms with van der Waals surface area (Å²) in [6, 6.07) is 0. The summed E-state index contributed by atoms with van der Waals surface area (Å²) in [5, 5.41) is 8.88. The van der Waals surface area contributed by atoms with Crippen LogP contribution in [0.25, 0.3) is 0 Å². The first-order valence-corrected chi connectivity index (χ1v) is 5.76. The van der Waals surface area contributed by atoms with Gasteiger partial charge in [0, 0.05) is 13.1 Å². The number of likely N-dealkylation sites (tertiary alicyclic amines) is 1. The number of hydrogen-bond acceptors (Lipinski definition) is 1. The largest absolute Gasteiger partial charge is 0.465 e. The predicted molar refractivity (Wildman–Crippen MR) is 58.9 cm³/mol. The van der Waals surface area contributed by atoms with Crippen molar-refractivity contribution in [2.45, 2.75) is 38.5 Å². The van der Waals surface area contributed by atoms with Crippen LogP contribution in [0.2, 0.25) is 0 Å². The molecule has 2 rings (SSSR count). The number of carboxylic acid groups (broad SMARTS) is 1. The highest BCUT2D eigenvalue weighted by Gasteiger charge is 2.37. The molecule has 1 N–H and O–H groups in total. The maximum atomic E-state index is 10.8. The number of piperidine rings is 1. The number of rotatable bonds is 0. The van der Waals surface area contributed by atoms with Gasteiger partial charge in [0.05, 0.1) is 0 Å². The van der Waals surface area contributed by atoms with Gasteiger partial charge in [0.15, 0.2) is 0 Å². The van der Waals surface area contributed by atoms with E-state index in [1.54, 1.807) is 4.90 Å². The zero-order valence-corrected chi connectivity index (χ0v) is 9.17. The molecule has 3 heteroatoms. The van der Waals surface area contributed by atoms with Gasteiger partial charge in [-0.3, -0.25) is 0 Å². The van der Waals surface area contributed by atoms with E-state index in [0.29, 0.717) is 5.41 Å². The van der Waals surface area contributed by atoms with Crippen molar-refractivity contribution in [3.8, 4) is 0 Å². The minimum Gasteiger partial charge on any atom is -0.465 e. The van der Waals surface area contributed by atoms with E-state index in [-0.39, 0.29) is 0 Å². The third kappa shape index (κ3) is 2.16. The summed E-state index contributed by atoms with van der Waals surface area (Å²) in [6.45, 7) is 5.48. The number of allylic oxidation sites excluding steroid dienone is 1. The number of amides is 1.